The maximum atomic E-state index is 13.0. The van der Waals surface area contributed by atoms with Crippen LogP contribution < -0.4 is 0 Å². The minimum atomic E-state index is 0.211. The van der Waals surface area contributed by atoms with Crippen LogP contribution >= 0.6 is 0 Å². The highest BCUT2D eigenvalue weighted by Gasteiger charge is 2.30. The van der Waals surface area contributed by atoms with E-state index in [2.05, 4.69) is 62.1 Å². The molecule has 0 N–H and O–H groups in total. The van der Waals surface area contributed by atoms with E-state index in [-0.39, 0.29) is 5.92 Å². The van der Waals surface area contributed by atoms with Gasteiger partial charge in [0.15, 0.2) is 0 Å². The predicted molar refractivity (Wildman–Crippen MR) is 120 cm³/mol. The summed E-state index contributed by atoms with van der Waals surface area (Å²) in [6, 6.07) is 14.9. The Balaban J connectivity index is 1.14. The fourth-order valence-corrected chi connectivity index (χ4v) is 4.69. The largest absolute Gasteiger partial charge is 0.340 e. The van der Waals surface area contributed by atoms with Crippen molar-refractivity contribution in [1.29, 1.82) is 0 Å². The van der Waals surface area contributed by atoms with Gasteiger partial charge in [0, 0.05) is 51.0 Å². The minimum absolute atomic E-state index is 0.211. The molecule has 1 amide bonds. The number of amides is 1. The van der Waals surface area contributed by atoms with Crippen LogP contribution in [0.1, 0.15) is 30.4 Å². The van der Waals surface area contributed by atoms with Gasteiger partial charge in [-0.3, -0.25) is 19.6 Å². The molecular weight excluding hydrogens is 372 g/mol. The number of benzene rings is 1. The second-order valence-electron chi connectivity index (χ2n) is 8.66. The Morgan fingerprint density at radius 2 is 1.53 bits per heavy atom. The van der Waals surface area contributed by atoms with Gasteiger partial charge in [0.25, 0.3) is 0 Å². The molecular formula is C25H34N4O. The number of nitrogens with zero attached hydrogens (tertiary/aromatic N) is 4. The molecule has 2 aliphatic heterocycles. The van der Waals surface area contributed by atoms with E-state index < -0.39 is 0 Å². The Labute approximate surface area is 180 Å². The van der Waals surface area contributed by atoms with Crippen LogP contribution in [0.4, 0.5) is 0 Å². The number of aromatic nitrogens is 1. The van der Waals surface area contributed by atoms with Gasteiger partial charge in [-0.15, -0.1) is 0 Å². The van der Waals surface area contributed by atoms with Gasteiger partial charge in [-0.25, -0.2) is 0 Å². The zero-order valence-corrected chi connectivity index (χ0v) is 18.0. The number of pyridine rings is 1. The first-order chi connectivity index (χ1) is 14.8. The van der Waals surface area contributed by atoms with Crippen LogP contribution in [0.2, 0.25) is 0 Å². The van der Waals surface area contributed by atoms with Crippen molar-refractivity contribution in [3.05, 3.63) is 66.0 Å². The third kappa shape index (κ3) is 5.89. The smallest absolute Gasteiger partial charge is 0.225 e. The second-order valence-corrected chi connectivity index (χ2v) is 8.66. The highest BCUT2D eigenvalue weighted by Crippen LogP contribution is 2.22. The first-order valence-corrected chi connectivity index (χ1v) is 11.4. The number of piperidine rings is 1. The lowest BCUT2D eigenvalue weighted by atomic mass is 9.94. The predicted octanol–water partition coefficient (Wildman–Crippen LogP) is 3.07. The molecule has 2 aromatic rings. The van der Waals surface area contributed by atoms with Crippen LogP contribution in [0.3, 0.4) is 0 Å². The van der Waals surface area contributed by atoms with Crippen molar-refractivity contribution in [2.45, 2.75) is 32.2 Å². The van der Waals surface area contributed by atoms with E-state index in [1.165, 1.54) is 17.5 Å². The summed E-state index contributed by atoms with van der Waals surface area (Å²) in [5, 5.41) is 0. The van der Waals surface area contributed by atoms with Gasteiger partial charge < -0.3 is 4.90 Å². The van der Waals surface area contributed by atoms with Crippen LogP contribution in [0.15, 0.2) is 54.9 Å². The van der Waals surface area contributed by atoms with Crippen molar-refractivity contribution in [2.24, 2.45) is 5.92 Å². The van der Waals surface area contributed by atoms with E-state index in [1.54, 1.807) is 0 Å². The van der Waals surface area contributed by atoms with Gasteiger partial charge in [0.05, 0.1) is 0 Å². The van der Waals surface area contributed by atoms with E-state index in [1.807, 2.05) is 12.4 Å². The number of piperazine rings is 1. The number of rotatable bonds is 7. The van der Waals surface area contributed by atoms with E-state index in [9.17, 15) is 4.79 Å². The number of carbonyl (C=O) groups excluding carboxylic acids is 1. The molecule has 2 fully saturated rings. The highest BCUT2D eigenvalue weighted by atomic mass is 16.2. The third-order valence-corrected chi connectivity index (χ3v) is 6.56. The molecule has 0 bridgehead atoms. The van der Waals surface area contributed by atoms with Crippen molar-refractivity contribution in [2.75, 3.05) is 45.8 Å². The first-order valence-electron chi connectivity index (χ1n) is 11.4. The molecule has 0 saturated carbocycles. The maximum absolute atomic E-state index is 13.0. The molecule has 0 aliphatic carbocycles. The molecule has 5 nitrogen and oxygen atoms in total. The zero-order valence-electron chi connectivity index (χ0n) is 18.0. The minimum Gasteiger partial charge on any atom is -0.340 e. The molecule has 4 rings (SSSR count). The maximum Gasteiger partial charge on any atom is 0.225 e. The zero-order chi connectivity index (χ0) is 20.6. The average molecular weight is 407 g/mol. The SMILES string of the molecule is O=C(C1CCN(Cc2ccncc2)CC1)N1CCN(CCCc2ccccc2)CC1. The van der Waals surface area contributed by atoms with E-state index >= 15 is 0 Å². The highest BCUT2D eigenvalue weighted by molar-refractivity contribution is 5.79. The van der Waals surface area contributed by atoms with E-state index in [4.69, 9.17) is 0 Å². The van der Waals surface area contributed by atoms with Crippen molar-refractivity contribution in [3.63, 3.8) is 0 Å². The third-order valence-electron chi connectivity index (χ3n) is 6.56. The van der Waals surface area contributed by atoms with Gasteiger partial charge in [-0.2, -0.15) is 0 Å². The Morgan fingerprint density at radius 1 is 0.833 bits per heavy atom. The number of hydrogen-bond acceptors (Lipinski definition) is 4. The summed E-state index contributed by atoms with van der Waals surface area (Å²) in [7, 11) is 0. The van der Waals surface area contributed by atoms with Gasteiger partial charge >= 0.3 is 0 Å². The number of carbonyl (C=O) groups is 1. The van der Waals surface area contributed by atoms with E-state index in [0.29, 0.717) is 5.91 Å². The Bertz CT molecular complexity index is 766. The summed E-state index contributed by atoms with van der Waals surface area (Å²) in [5.41, 5.74) is 2.72. The van der Waals surface area contributed by atoms with Gasteiger partial charge in [0.2, 0.25) is 5.91 Å². The molecule has 0 atom stereocenters. The Morgan fingerprint density at radius 3 is 2.23 bits per heavy atom. The summed E-state index contributed by atoms with van der Waals surface area (Å²) in [5.74, 6) is 0.603. The normalized spacial score (nSPS) is 19.1. The molecule has 3 heterocycles. The van der Waals surface area contributed by atoms with Gasteiger partial charge in [-0.05, 0) is 68.6 Å². The lowest BCUT2D eigenvalue weighted by molar-refractivity contribution is -0.138. The Hall–Kier alpha value is -2.24. The summed E-state index contributed by atoms with van der Waals surface area (Å²) in [6.45, 7) is 7.93. The molecule has 1 aromatic heterocycles. The van der Waals surface area contributed by atoms with Crippen molar-refractivity contribution < 1.29 is 4.79 Å². The molecule has 5 heteroatoms. The standard InChI is InChI=1S/C25H34N4O/c30-25(24-10-15-28(16-11-24)21-23-8-12-26-13-9-23)29-19-17-27(18-20-29)14-4-7-22-5-2-1-3-6-22/h1-3,5-6,8-9,12-13,24H,4,7,10-11,14-21H2. The lowest BCUT2D eigenvalue weighted by Crippen LogP contribution is -2.51. The molecule has 160 valence electrons. The fourth-order valence-electron chi connectivity index (χ4n) is 4.69. The first kappa shape index (κ1) is 21.0. The number of hydrogen-bond donors (Lipinski definition) is 0. The molecule has 1 aromatic carbocycles. The summed E-state index contributed by atoms with van der Waals surface area (Å²) >= 11 is 0. The fraction of sp³-hybridized carbons (Fsp3) is 0.520. The molecule has 0 radical (unpaired) electrons. The quantitative estimate of drug-likeness (QED) is 0.709. The van der Waals surface area contributed by atoms with Crippen LogP contribution in [0, 0.1) is 5.92 Å². The van der Waals surface area contributed by atoms with Crippen LogP contribution in [0.5, 0.6) is 0 Å². The summed E-state index contributed by atoms with van der Waals surface area (Å²) in [6.07, 6.45) is 8.01. The molecule has 2 aliphatic rings. The number of aryl methyl sites for hydroxylation is 1. The topological polar surface area (TPSA) is 39.7 Å². The molecule has 0 spiro atoms. The van der Waals surface area contributed by atoms with Gasteiger partial charge in [0.1, 0.15) is 0 Å². The Kier molecular flexibility index (Phi) is 7.49. The van der Waals surface area contributed by atoms with Crippen molar-refractivity contribution in [3.8, 4) is 0 Å². The van der Waals surface area contributed by atoms with Gasteiger partial charge in [-0.1, -0.05) is 30.3 Å². The summed E-state index contributed by atoms with van der Waals surface area (Å²) in [4.78, 5) is 24.2. The van der Waals surface area contributed by atoms with Crippen LogP contribution in [-0.2, 0) is 17.8 Å². The molecule has 30 heavy (non-hydrogen) atoms. The van der Waals surface area contributed by atoms with Crippen LogP contribution in [0.25, 0.3) is 0 Å². The lowest BCUT2D eigenvalue weighted by Gasteiger charge is -2.38. The van der Waals surface area contributed by atoms with Crippen LogP contribution in [-0.4, -0.2) is 71.4 Å². The monoisotopic (exact) mass is 406 g/mol. The van der Waals surface area contributed by atoms with Crippen molar-refractivity contribution in [1.82, 2.24) is 19.7 Å². The molecule has 2 saturated heterocycles. The average Bonchev–Trinajstić information content (AvgIpc) is 2.81. The second kappa shape index (κ2) is 10.7. The molecule has 0 unspecified atom stereocenters. The van der Waals surface area contributed by atoms with Crippen molar-refractivity contribution >= 4 is 5.91 Å². The summed E-state index contributed by atoms with van der Waals surface area (Å²) < 4.78 is 0. The van der Waals surface area contributed by atoms with E-state index in [0.717, 1.165) is 71.6 Å². The number of likely N-dealkylation sites (tertiary alicyclic amines) is 1.